The van der Waals surface area contributed by atoms with Crippen molar-refractivity contribution in [2.75, 3.05) is 19.1 Å². The van der Waals surface area contributed by atoms with Crippen molar-refractivity contribution < 1.29 is 9.13 Å². The normalized spacial score (nSPS) is 10.2. The second-order valence-corrected chi connectivity index (χ2v) is 4.78. The van der Waals surface area contributed by atoms with Crippen molar-refractivity contribution in [1.82, 2.24) is 0 Å². The Balaban J connectivity index is 2.23. The fourth-order valence-electron chi connectivity index (χ4n) is 2.15. The number of benzene rings is 2. The molecule has 21 heavy (non-hydrogen) atoms. The summed E-state index contributed by atoms with van der Waals surface area (Å²) in [4.78, 5) is 1.93. The first kappa shape index (κ1) is 14.8. The molecule has 0 bridgehead atoms. The summed E-state index contributed by atoms with van der Waals surface area (Å²) < 4.78 is 18.4. The van der Waals surface area contributed by atoms with Crippen LogP contribution in [0.25, 0.3) is 0 Å². The Morgan fingerprint density at radius 1 is 1.24 bits per heavy atom. The zero-order valence-corrected chi connectivity index (χ0v) is 12.1. The molecule has 0 amide bonds. The van der Waals surface area contributed by atoms with E-state index in [2.05, 4.69) is 0 Å². The Kier molecular flexibility index (Phi) is 4.42. The summed E-state index contributed by atoms with van der Waals surface area (Å²) in [5, 5.41) is 7.57. The lowest BCUT2D eigenvalue weighted by molar-refractivity contribution is 0.414. The number of anilines is 1. The first-order chi connectivity index (χ1) is 10.0. The summed E-state index contributed by atoms with van der Waals surface area (Å²) >= 11 is 0. The summed E-state index contributed by atoms with van der Waals surface area (Å²) in [7, 11) is 3.50. The summed E-state index contributed by atoms with van der Waals surface area (Å²) in [6.45, 7) is 0.621. The van der Waals surface area contributed by atoms with Gasteiger partial charge in [-0.05, 0) is 35.9 Å². The van der Waals surface area contributed by atoms with E-state index in [9.17, 15) is 4.39 Å². The van der Waals surface area contributed by atoms with Gasteiger partial charge in [-0.2, -0.15) is 0 Å². The molecule has 0 heterocycles. The van der Waals surface area contributed by atoms with E-state index in [1.54, 1.807) is 13.2 Å². The fraction of sp³-hybridized carbons (Fsp3) is 0.188. The average Bonchev–Trinajstić information content (AvgIpc) is 2.47. The summed E-state index contributed by atoms with van der Waals surface area (Å²) in [6, 6.07) is 12.0. The molecule has 0 saturated heterocycles. The molecule has 0 aliphatic carbocycles. The van der Waals surface area contributed by atoms with Crippen molar-refractivity contribution in [2.45, 2.75) is 6.54 Å². The monoisotopic (exact) mass is 287 g/mol. The van der Waals surface area contributed by atoms with Crippen LogP contribution in [-0.2, 0) is 6.54 Å². The quantitative estimate of drug-likeness (QED) is 0.656. The van der Waals surface area contributed by atoms with Crippen LogP contribution in [0.5, 0.6) is 5.75 Å². The maximum Gasteiger partial charge on any atom is 0.125 e. The number of ether oxygens (including phenoxy) is 1. The number of hydrogen-bond acceptors (Lipinski definition) is 3. The summed E-state index contributed by atoms with van der Waals surface area (Å²) in [6.07, 6.45) is 0. The number of nitrogen functional groups attached to an aromatic ring is 1. The van der Waals surface area contributed by atoms with E-state index in [0.29, 0.717) is 12.1 Å². The molecule has 0 aliphatic heterocycles. The van der Waals surface area contributed by atoms with E-state index in [-0.39, 0.29) is 5.84 Å². The Hall–Kier alpha value is -2.56. The van der Waals surface area contributed by atoms with Crippen LogP contribution < -0.4 is 15.4 Å². The van der Waals surface area contributed by atoms with Gasteiger partial charge in [0.1, 0.15) is 17.4 Å². The molecule has 110 valence electrons. The number of methoxy groups -OCH3 is 1. The van der Waals surface area contributed by atoms with E-state index >= 15 is 0 Å². The molecule has 0 saturated carbocycles. The fourth-order valence-corrected chi connectivity index (χ4v) is 2.15. The molecule has 3 N–H and O–H groups in total. The van der Waals surface area contributed by atoms with Crippen molar-refractivity contribution in [3.05, 3.63) is 59.4 Å². The number of nitrogens with zero attached hydrogens (tertiary/aromatic N) is 1. The molecule has 0 aromatic heterocycles. The van der Waals surface area contributed by atoms with Crippen LogP contribution in [0.15, 0.2) is 42.5 Å². The smallest absolute Gasteiger partial charge is 0.125 e. The number of amidine groups is 1. The zero-order valence-electron chi connectivity index (χ0n) is 12.1. The van der Waals surface area contributed by atoms with Gasteiger partial charge in [0.2, 0.25) is 0 Å². The first-order valence-corrected chi connectivity index (χ1v) is 6.49. The van der Waals surface area contributed by atoms with Gasteiger partial charge < -0.3 is 15.4 Å². The predicted octanol–water partition coefficient (Wildman–Crippen LogP) is 2.75. The van der Waals surface area contributed by atoms with Gasteiger partial charge >= 0.3 is 0 Å². The molecule has 2 aromatic carbocycles. The largest absolute Gasteiger partial charge is 0.497 e. The number of nitrogens with two attached hydrogens (primary N) is 1. The molecule has 2 rings (SSSR count). The van der Waals surface area contributed by atoms with Gasteiger partial charge in [0.15, 0.2) is 0 Å². The second kappa shape index (κ2) is 6.26. The van der Waals surface area contributed by atoms with Crippen LogP contribution in [0.2, 0.25) is 0 Å². The van der Waals surface area contributed by atoms with Crippen LogP contribution in [-0.4, -0.2) is 20.0 Å². The Morgan fingerprint density at radius 3 is 2.48 bits per heavy atom. The molecule has 0 radical (unpaired) electrons. The minimum absolute atomic E-state index is 0.147. The SMILES string of the molecule is COc1ccc(CN(C)c2ccc(F)cc2C(=N)N)cc1. The van der Waals surface area contributed by atoms with E-state index in [1.165, 1.54) is 12.1 Å². The van der Waals surface area contributed by atoms with Gasteiger partial charge in [-0.25, -0.2) is 4.39 Å². The third kappa shape index (κ3) is 3.51. The lowest BCUT2D eigenvalue weighted by Crippen LogP contribution is -2.22. The number of nitrogens with one attached hydrogen (secondary N) is 1. The summed E-state index contributed by atoms with van der Waals surface area (Å²) in [5.41, 5.74) is 7.72. The number of rotatable bonds is 5. The number of hydrogen-bond donors (Lipinski definition) is 2. The van der Waals surface area contributed by atoms with Gasteiger partial charge in [-0.15, -0.1) is 0 Å². The lowest BCUT2D eigenvalue weighted by Gasteiger charge is -2.22. The minimum Gasteiger partial charge on any atom is -0.497 e. The molecule has 0 spiro atoms. The van der Waals surface area contributed by atoms with Crippen LogP contribution in [0.4, 0.5) is 10.1 Å². The van der Waals surface area contributed by atoms with Crippen molar-refractivity contribution in [3.63, 3.8) is 0 Å². The van der Waals surface area contributed by atoms with E-state index in [0.717, 1.165) is 17.0 Å². The van der Waals surface area contributed by atoms with Crippen molar-refractivity contribution >= 4 is 11.5 Å². The van der Waals surface area contributed by atoms with Gasteiger partial charge in [-0.3, -0.25) is 5.41 Å². The minimum atomic E-state index is -0.401. The standard InChI is InChI=1S/C16H18FN3O/c1-20(10-11-3-6-13(21-2)7-4-11)15-8-5-12(17)9-14(15)16(18)19/h3-9H,10H2,1-2H3,(H3,18,19). The number of halogens is 1. The van der Waals surface area contributed by atoms with E-state index in [4.69, 9.17) is 15.9 Å². The van der Waals surface area contributed by atoms with Gasteiger partial charge in [0, 0.05) is 24.8 Å². The Labute approximate surface area is 123 Å². The first-order valence-electron chi connectivity index (χ1n) is 6.49. The van der Waals surface area contributed by atoms with Crippen molar-refractivity contribution in [1.29, 1.82) is 5.41 Å². The van der Waals surface area contributed by atoms with Gasteiger partial charge in [0.05, 0.1) is 7.11 Å². The van der Waals surface area contributed by atoms with Crippen LogP contribution >= 0.6 is 0 Å². The zero-order chi connectivity index (χ0) is 15.4. The maximum absolute atomic E-state index is 13.3. The molecule has 4 nitrogen and oxygen atoms in total. The van der Waals surface area contributed by atoms with Crippen LogP contribution in [0, 0.1) is 11.2 Å². The molecular weight excluding hydrogens is 269 g/mol. The van der Waals surface area contributed by atoms with Crippen molar-refractivity contribution in [2.24, 2.45) is 5.73 Å². The summed E-state index contributed by atoms with van der Waals surface area (Å²) in [5.74, 6) is 0.250. The molecule has 2 aromatic rings. The van der Waals surface area contributed by atoms with Crippen LogP contribution in [0.3, 0.4) is 0 Å². The van der Waals surface area contributed by atoms with Crippen molar-refractivity contribution in [3.8, 4) is 5.75 Å². The molecule has 0 atom stereocenters. The van der Waals surface area contributed by atoms with E-state index in [1.807, 2.05) is 36.2 Å². The van der Waals surface area contributed by atoms with Gasteiger partial charge in [-0.1, -0.05) is 12.1 Å². The van der Waals surface area contributed by atoms with Gasteiger partial charge in [0.25, 0.3) is 0 Å². The van der Waals surface area contributed by atoms with Crippen LogP contribution in [0.1, 0.15) is 11.1 Å². The van der Waals surface area contributed by atoms with E-state index < -0.39 is 5.82 Å². The topological polar surface area (TPSA) is 62.3 Å². The third-order valence-electron chi connectivity index (χ3n) is 3.24. The molecule has 5 heteroatoms. The molecule has 0 aliphatic rings. The highest BCUT2D eigenvalue weighted by molar-refractivity contribution is 6.00. The Bertz CT molecular complexity index is 640. The second-order valence-electron chi connectivity index (χ2n) is 4.78. The molecule has 0 fully saturated rings. The predicted molar refractivity (Wildman–Crippen MR) is 82.5 cm³/mol. The highest BCUT2D eigenvalue weighted by atomic mass is 19.1. The highest BCUT2D eigenvalue weighted by Crippen LogP contribution is 2.22. The molecule has 0 unspecified atom stereocenters. The lowest BCUT2D eigenvalue weighted by atomic mass is 10.1. The maximum atomic E-state index is 13.3. The highest BCUT2D eigenvalue weighted by Gasteiger charge is 2.11. The Morgan fingerprint density at radius 2 is 1.90 bits per heavy atom. The molecular formula is C16H18FN3O. The average molecular weight is 287 g/mol. The third-order valence-corrected chi connectivity index (χ3v) is 3.24.